The van der Waals surface area contributed by atoms with Crippen molar-refractivity contribution in [3.8, 4) is 11.3 Å². The number of hydrogen-bond acceptors (Lipinski definition) is 2. The van der Waals surface area contributed by atoms with Crippen molar-refractivity contribution in [2.45, 2.75) is 33.1 Å². The molecule has 1 heterocycles. The van der Waals surface area contributed by atoms with E-state index in [4.69, 9.17) is 5.73 Å². The van der Waals surface area contributed by atoms with Crippen molar-refractivity contribution in [1.29, 1.82) is 0 Å². The monoisotopic (exact) mass is 240 g/mol. The van der Waals surface area contributed by atoms with E-state index in [0.29, 0.717) is 0 Å². The number of nitrogens with two attached hydrogens (primary N) is 1. The highest BCUT2D eigenvalue weighted by molar-refractivity contribution is 5.64. The lowest BCUT2D eigenvalue weighted by atomic mass is 10.0. The van der Waals surface area contributed by atoms with Crippen molar-refractivity contribution in [2.24, 2.45) is 0 Å². The fraction of sp³-hybridized carbons (Fsp3) is 0.312. The van der Waals surface area contributed by atoms with E-state index in [1.807, 2.05) is 13.0 Å². The van der Waals surface area contributed by atoms with E-state index in [2.05, 4.69) is 36.2 Å². The van der Waals surface area contributed by atoms with Gasteiger partial charge >= 0.3 is 0 Å². The van der Waals surface area contributed by atoms with E-state index in [-0.39, 0.29) is 0 Å². The molecule has 2 rings (SSSR count). The molecule has 18 heavy (non-hydrogen) atoms. The predicted octanol–water partition coefficient (Wildman–Crippen LogP) is 3.98. The van der Waals surface area contributed by atoms with E-state index in [1.54, 1.807) is 6.20 Å². The molecule has 0 aliphatic rings. The van der Waals surface area contributed by atoms with Crippen LogP contribution >= 0.6 is 0 Å². The third kappa shape index (κ3) is 2.89. The summed E-state index contributed by atoms with van der Waals surface area (Å²) in [5.41, 5.74) is 11.1. The Morgan fingerprint density at radius 1 is 1.17 bits per heavy atom. The molecule has 0 spiro atoms. The average Bonchev–Trinajstić information content (AvgIpc) is 2.37. The molecule has 0 aliphatic carbocycles. The number of aromatic nitrogens is 1. The second-order valence-electron chi connectivity index (χ2n) is 4.73. The van der Waals surface area contributed by atoms with Crippen LogP contribution < -0.4 is 5.73 Å². The highest BCUT2D eigenvalue weighted by Crippen LogP contribution is 2.23. The van der Waals surface area contributed by atoms with Crippen molar-refractivity contribution in [2.75, 3.05) is 5.73 Å². The van der Waals surface area contributed by atoms with Gasteiger partial charge < -0.3 is 5.73 Å². The maximum atomic E-state index is 5.72. The van der Waals surface area contributed by atoms with Gasteiger partial charge in [-0.3, -0.25) is 4.98 Å². The highest BCUT2D eigenvalue weighted by Gasteiger charge is 2.03. The van der Waals surface area contributed by atoms with Gasteiger partial charge in [-0.25, -0.2) is 0 Å². The van der Waals surface area contributed by atoms with Gasteiger partial charge in [0, 0.05) is 5.56 Å². The summed E-state index contributed by atoms with van der Waals surface area (Å²) in [6.45, 7) is 4.26. The van der Waals surface area contributed by atoms with Gasteiger partial charge in [-0.1, -0.05) is 37.6 Å². The van der Waals surface area contributed by atoms with Crippen LogP contribution in [0.2, 0.25) is 0 Å². The van der Waals surface area contributed by atoms with Gasteiger partial charge in [0.25, 0.3) is 0 Å². The Labute approximate surface area is 109 Å². The van der Waals surface area contributed by atoms with E-state index >= 15 is 0 Å². The standard InChI is InChI=1S/C16H20N2/c1-3-4-5-13-6-8-14(9-7-13)16-12(2)10-15(17)11-18-16/h6-11H,3-5,17H2,1-2H3. The summed E-state index contributed by atoms with van der Waals surface area (Å²) >= 11 is 0. The van der Waals surface area contributed by atoms with Crippen molar-refractivity contribution in [3.05, 3.63) is 47.7 Å². The molecule has 1 aromatic heterocycles. The quantitative estimate of drug-likeness (QED) is 0.877. The zero-order chi connectivity index (χ0) is 13.0. The van der Waals surface area contributed by atoms with E-state index in [0.717, 1.165) is 28.9 Å². The number of nitrogen functional groups attached to an aromatic ring is 1. The average molecular weight is 240 g/mol. The molecule has 0 radical (unpaired) electrons. The second-order valence-corrected chi connectivity index (χ2v) is 4.73. The lowest BCUT2D eigenvalue weighted by Crippen LogP contribution is -1.93. The van der Waals surface area contributed by atoms with Gasteiger partial charge in [0.1, 0.15) is 0 Å². The van der Waals surface area contributed by atoms with Crippen LogP contribution in [0.25, 0.3) is 11.3 Å². The molecular weight excluding hydrogens is 220 g/mol. The molecule has 0 saturated heterocycles. The largest absolute Gasteiger partial charge is 0.397 e. The molecule has 0 fully saturated rings. The van der Waals surface area contributed by atoms with Gasteiger partial charge in [0.05, 0.1) is 17.6 Å². The predicted molar refractivity (Wildman–Crippen MR) is 77.4 cm³/mol. The third-order valence-electron chi connectivity index (χ3n) is 3.15. The number of aryl methyl sites for hydroxylation is 2. The van der Waals surface area contributed by atoms with E-state index in [1.165, 1.54) is 18.4 Å². The zero-order valence-electron chi connectivity index (χ0n) is 11.1. The molecule has 0 saturated carbocycles. The summed E-state index contributed by atoms with van der Waals surface area (Å²) in [7, 11) is 0. The molecule has 2 nitrogen and oxygen atoms in total. The van der Waals surface area contributed by atoms with Crippen molar-refractivity contribution in [1.82, 2.24) is 4.98 Å². The first-order valence-electron chi connectivity index (χ1n) is 6.52. The van der Waals surface area contributed by atoms with Crippen molar-refractivity contribution in [3.63, 3.8) is 0 Å². The van der Waals surface area contributed by atoms with E-state index in [9.17, 15) is 0 Å². The van der Waals surface area contributed by atoms with Crippen LogP contribution in [0.3, 0.4) is 0 Å². The molecule has 1 aromatic carbocycles. The first kappa shape index (κ1) is 12.6. The highest BCUT2D eigenvalue weighted by atomic mass is 14.7. The summed E-state index contributed by atoms with van der Waals surface area (Å²) in [6.07, 6.45) is 5.36. The van der Waals surface area contributed by atoms with Crippen molar-refractivity contribution >= 4 is 5.69 Å². The minimum Gasteiger partial charge on any atom is -0.397 e. The Morgan fingerprint density at radius 3 is 2.50 bits per heavy atom. The Bertz CT molecular complexity index is 515. The van der Waals surface area contributed by atoms with Gasteiger partial charge in [-0.2, -0.15) is 0 Å². The van der Waals surface area contributed by atoms with Crippen LogP contribution in [0, 0.1) is 6.92 Å². The number of hydrogen-bond donors (Lipinski definition) is 1. The molecule has 0 amide bonds. The van der Waals surface area contributed by atoms with Gasteiger partial charge in [0.2, 0.25) is 0 Å². The third-order valence-corrected chi connectivity index (χ3v) is 3.15. The number of benzene rings is 1. The Kier molecular flexibility index (Phi) is 3.98. The van der Waals surface area contributed by atoms with Gasteiger partial charge in [-0.05, 0) is 37.0 Å². The maximum absolute atomic E-state index is 5.72. The van der Waals surface area contributed by atoms with Crippen LogP contribution in [0.4, 0.5) is 5.69 Å². The lowest BCUT2D eigenvalue weighted by molar-refractivity contribution is 0.795. The number of nitrogens with zero attached hydrogens (tertiary/aromatic N) is 1. The molecule has 0 aliphatic heterocycles. The fourth-order valence-electron chi connectivity index (χ4n) is 2.11. The number of pyridine rings is 1. The Hall–Kier alpha value is -1.83. The smallest absolute Gasteiger partial charge is 0.0732 e. The van der Waals surface area contributed by atoms with Crippen LogP contribution in [-0.2, 0) is 6.42 Å². The molecule has 0 bridgehead atoms. The molecule has 2 N–H and O–H groups in total. The molecule has 2 heteroatoms. The van der Waals surface area contributed by atoms with Gasteiger partial charge in [-0.15, -0.1) is 0 Å². The van der Waals surface area contributed by atoms with Crippen molar-refractivity contribution < 1.29 is 0 Å². The lowest BCUT2D eigenvalue weighted by Gasteiger charge is -2.07. The zero-order valence-corrected chi connectivity index (χ0v) is 11.1. The molecular formula is C16H20N2. The number of anilines is 1. The molecule has 2 aromatic rings. The topological polar surface area (TPSA) is 38.9 Å². The maximum Gasteiger partial charge on any atom is 0.0732 e. The van der Waals surface area contributed by atoms with Crippen LogP contribution in [0.15, 0.2) is 36.5 Å². The normalized spacial score (nSPS) is 10.6. The summed E-state index contributed by atoms with van der Waals surface area (Å²) < 4.78 is 0. The molecule has 0 atom stereocenters. The van der Waals surface area contributed by atoms with Gasteiger partial charge in [0.15, 0.2) is 0 Å². The molecule has 0 unspecified atom stereocenters. The first-order valence-corrected chi connectivity index (χ1v) is 6.52. The fourth-order valence-corrected chi connectivity index (χ4v) is 2.11. The Balaban J connectivity index is 2.23. The number of rotatable bonds is 4. The SMILES string of the molecule is CCCCc1ccc(-c2ncc(N)cc2C)cc1. The summed E-state index contributed by atoms with van der Waals surface area (Å²) in [6, 6.07) is 10.7. The summed E-state index contributed by atoms with van der Waals surface area (Å²) in [5, 5.41) is 0. The number of unbranched alkanes of at least 4 members (excludes halogenated alkanes) is 1. The van der Waals surface area contributed by atoms with Crippen LogP contribution in [0.5, 0.6) is 0 Å². The first-order chi connectivity index (χ1) is 8.70. The summed E-state index contributed by atoms with van der Waals surface area (Å²) in [4.78, 5) is 4.41. The van der Waals surface area contributed by atoms with Crippen LogP contribution in [-0.4, -0.2) is 4.98 Å². The van der Waals surface area contributed by atoms with Crippen LogP contribution in [0.1, 0.15) is 30.9 Å². The second kappa shape index (κ2) is 5.67. The minimum absolute atomic E-state index is 0.718. The van der Waals surface area contributed by atoms with E-state index < -0.39 is 0 Å². The summed E-state index contributed by atoms with van der Waals surface area (Å²) in [5.74, 6) is 0. The molecule has 94 valence electrons. The minimum atomic E-state index is 0.718. The Morgan fingerprint density at radius 2 is 1.89 bits per heavy atom.